The van der Waals surface area contributed by atoms with Gasteiger partial charge in [-0.2, -0.15) is 0 Å². The first-order chi connectivity index (χ1) is 15.7. The first-order valence-electron chi connectivity index (χ1n) is 11.9. The number of anilines is 1. The molecule has 2 aromatic carbocycles. The van der Waals surface area contributed by atoms with E-state index in [1.54, 1.807) is 4.90 Å². The zero-order chi connectivity index (χ0) is 23.6. The average molecular weight is 450 g/mol. The van der Waals surface area contributed by atoms with Crippen molar-refractivity contribution in [1.29, 1.82) is 0 Å². The molecule has 0 N–H and O–H groups in total. The molecule has 0 bridgehead atoms. The maximum atomic E-state index is 13.8. The van der Waals surface area contributed by atoms with Gasteiger partial charge in [-0.3, -0.25) is 9.69 Å². The summed E-state index contributed by atoms with van der Waals surface area (Å²) in [5, 5.41) is 0. The third kappa shape index (κ3) is 5.15. The van der Waals surface area contributed by atoms with Gasteiger partial charge in [0.15, 0.2) is 0 Å². The molecule has 2 heterocycles. The topological polar surface area (TPSA) is 53.1 Å². The van der Waals surface area contributed by atoms with Crippen molar-refractivity contribution in [3.05, 3.63) is 65.7 Å². The molecule has 6 nitrogen and oxygen atoms in total. The second kappa shape index (κ2) is 9.46. The molecule has 0 aliphatic carbocycles. The Morgan fingerprint density at radius 1 is 0.879 bits per heavy atom. The molecule has 2 atom stereocenters. The van der Waals surface area contributed by atoms with Crippen molar-refractivity contribution in [2.45, 2.75) is 51.7 Å². The van der Waals surface area contributed by atoms with Gasteiger partial charge in [-0.15, -0.1) is 0 Å². The van der Waals surface area contributed by atoms with E-state index in [0.29, 0.717) is 19.6 Å². The monoisotopic (exact) mass is 449 g/mol. The van der Waals surface area contributed by atoms with Gasteiger partial charge in [0.05, 0.1) is 0 Å². The van der Waals surface area contributed by atoms with E-state index in [4.69, 9.17) is 4.74 Å². The van der Waals surface area contributed by atoms with Gasteiger partial charge in [0.25, 0.3) is 0 Å². The Bertz CT molecular complexity index is 978. The fourth-order valence-electron chi connectivity index (χ4n) is 4.95. The van der Waals surface area contributed by atoms with Crippen LogP contribution in [-0.4, -0.2) is 66.2 Å². The Morgan fingerprint density at radius 3 is 2.15 bits per heavy atom. The van der Waals surface area contributed by atoms with E-state index in [0.717, 1.165) is 25.1 Å². The zero-order valence-electron chi connectivity index (χ0n) is 20.2. The largest absolute Gasteiger partial charge is 0.444 e. The third-order valence-electron chi connectivity index (χ3n) is 6.55. The molecule has 2 saturated heterocycles. The Kier molecular flexibility index (Phi) is 6.63. The summed E-state index contributed by atoms with van der Waals surface area (Å²) in [4.78, 5) is 32.8. The molecule has 0 saturated carbocycles. The number of nitrogens with zero attached hydrogens (tertiary/aromatic N) is 3. The normalized spacial score (nSPS) is 21.3. The molecule has 176 valence electrons. The maximum Gasteiger partial charge on any atom is 0.410 e. The lowest BCUT2D eigenvalue weighted by Crippen LogP contribution is -2.56. The molecular formula is C27H35N3O3. The van der Waals surface area contributed by atoms with E-state index in [9.17, 15) is 9.59 Å². The number of hydrogen-bond acceptors (Lipinski definition) is 4. The zero-order valence-corrected chi connectivity index (χ0v) is 20.2. The number of aryl methyl sites for hydroxylation is 1. The molecular weight excluding hydrogens is 414 g/mol. The van der Waals surface area contributed by atoms with Crippen LogP contribution in [-0.2, 0) is 9.53 Å². The summed E-state index contributed by atoms with van der Waals surface area (Å²) in [6, 6.07) is 17.9. The van der Waals surface area contributed by atoms with Crippen molar-refractivity contribution >= 4 is 17.7 Å². The molecule has 6 heteroatoms. The van der Waals surface area contributed by atoms with Gasteiger partial charge in [0.2, 0.25) is 5.91 Å². The summed E-state index contributed by atoms with van der Waals surface area (Å²) in [5.41, 5.74) is 2.96. The number of para-hydroxylation sites is 1. The third-order valence-corrected chi connectivity index (χ3v) is 6.55. The van der Waals surface area contributed by atoms with Gasteiger partial charge < -0.3 is 14.5 Å². The minimum Gasteiger partial charge on any atom is -0.444 e. The van der Waals surface area contributed by atoms with Crippen LogP contribution in [0.4, 0.5) is 10.5 Å². The smallest absolute Gasteiger partial charge is 0.410 e. The molecule has 2 aromatic rings. The standard InChI is InChI=1S/C27H35N3O3/c1-20-10-8-9-13-23(20)28-16-18-29(19-17-28)25(31)24-22(21-11-6-5-7-12-21)14-15-30(24)26(32)33-27(2,3)4/h5-13,22,24H,14-19H2,1-4H3/t22-,24+/m1/s1. The molecule has 2 aliphatic heterocycles. The maximum absolute atomic E-state index is 13.8. The molecule has 0 aromatic heterocycles. The number of amides is 2. The van der Waals surface area contributed by atoms with Crippen molar-refractivity contribution in [1.82, 2.24) is 9.80 Å². The van der Waals surface area contributed by atoms with Gasteiger partial charge in [-0.1, -0.05) is 48.5 Å². The predicted octanol–water partition coefficient (Wildman–Crippen LogP) is 4.44. The van der Waals surface area contributed by atoms with E-state index in [2.05, 4.69) is 42.2 Å². The average Bonchev–Trinajstić information content (AvgIpc) is 3.24. The predicted molar refractivity (Wildman–Crippen MR) is 131 cm³/mol. The van der Waals surface area contributed by atoms with Crippen molar-refractivity contribution in [3.8, 4) is 0 Å². The first kappa shape index (κ1) is 23.1. The Balaban J connectivity index is 1.52. The summed E-state index contributed by atoms with van der Waals surface area (Å²) >= 11 is 0. The second-order valence-corrected chi connectivity index (χ2v) is 10.0. The van der Waals surface area contributed by atoms with Crippen molar-refractivity contribution in [3.63, 3.8) is 0 Å². The number of benzene rings is 2. The van der Waals surface area contributed by atoms with E-state index in [1.807, 2.05) is 49.9 Å². The van der Waals surface area contributed by atoms with Crippen LogP contribution in [0.5, 0.6) is 0 Å². The number of rotatable bonds is 3. The highest BCUT2D eigenvalue weighted by atomic mass is 16.6. The van der Waals surface area contributed by atoms with Crippen LogP contribution in [0.15, 0.2) is 54.6 Å². The van der Waals surface area contributed by atoms with Crippen LogP contribution in [0.1, 0.15) is 44.2 Å². The lowest BCUT2D eigenvalue weighted by molar-refractivity contribution is -0.136. The summed E-state index contributed by atoms with van der Waals surface area (Å²) in [6.45, 7) is 11.1. The van der Waals surface area contributed by atoms with Crippen molar-refractivity contribution in [2.24, 2.45) is 0 Å². The Hall–Kier alpha value is -3.02. The van der Waals surface area contributed by atoms with Gasteiger partial charge >= 0.3 is 6.09 Å². The van der Waals surface area contributed by atoms with Crippen LogP contribution in [0.25, 0.3) is 0 Å². The fraction of sp³-hybridized carbons (Fsp3) is 0.481. The number of ether oxygens (including phenoxy) is 1. The van der Waals surface area contributed by atoms with Crippen LogP contribution < -0.4 is 4.90 Å². The molecule has 33 heavy (non-hydrogen) atoms. The molecule has 2 fully saturated rings. The number of piperazine rings is 1. The number of carbonyl (C=O) groups is 2. The van der Waals surface area contributed by atoms with E-state index in [1.165, 1.54) is 11.3 Å². The van der Waals surface area contributed by atoms with E-state index >= 15 is 0 Å². The fourth-order valence-corrected chi connectivity index (χ4v) is 4.95. The molecule has 0 unspecified atom stereocenters. The van der Waals surface area contributed by atoms with Crippen LogP contribution in [0.2, 0.25) is 0 Å². The van der Waals surface area contributed by atoms with Crippen LogP contribution >= 0.6 is 0 Å². The van der Waals surface area contributed by atoms with E-state index < -0.39 is 17.7 Å². The van der Waals surface area contributed by atoms with Gasteiger partial charge in [0, 0.05) is 44.3 Å². The first-order valence-corrected chi connectivity index (χ1v) is 11.9. The number of carbonyl (C=O) groups excluding carboxylic acids is 2. The molecule has 0 spiro atoms. The summed E-state index contributed by atoms with van der Waals surface area (Å²) < 4.78 is 5.67. The van der Waals surface area contributed by atoms with Gasteiger partial charge in [0.1, 0.15) is 11.6 Å². The minimum atomic E-state index is -0.602. The second-order valence-electron chi connectivity index (χ2n) is 10.0. The van der Waals surface area contributed by atoms with Crippen LogP contribution in [0.3, 0.4) is 0 Å². The van der Waals surface area contributed by atoms with Crippen LogP contribution in [0, 0.1) is 6.92 Å². The highest BCUT2D eigenvalue weighted by Gasteiger charge is 2.46. The highest BCUT2D eigenvalue weighted by Crippen LogP contribution is 2.36. The van der Waals surface area contributed by atoms with Gasteiger partial charge in [-0.05, 0) is 51.3 Å². The van der Waals surface area contributed by atoms with E-state index in [-0.39, 0.29) is 11.8 Å². The minimum absolute atomic E-state index is 0.0247. The summed E-state index contributed by atoms with van der Waals surface area (Å²) in [5.74, 6) is -0.00254. The van der Waals surface area contributed by atoms with Gasteiger partial charge in [-0.25, -0.2) is 4.79 Å². The van der Waals surface area contributed by atoms with Crippen molar-refractivity contribution in [2.75, 3.05) is 37.6 Å². The highest BCUT2D eigenvalue weighted by molar-refractivity contribution is 5.88. The summed E-state index contributed by atoms with van der Waals surface area (Å²) in [6.07, 6.45) is 0.348. The number of likely N-dealkylation sites (tertiary alicyclic amines) is 1. The Morgan fingerprint density at radius 2 is 1.52 bits per heavy atom. The molecule has 4 rings (SSSR count). The number of hydrogen-bond donors (Lipinski definition) is 0. The Labute approximate surface area is 197 Å². The lowest BCUT2D eigenvalue weighted by Gasteiger charge is -2.39. The summed E-state index contributed by atoms with van der Waals surface area (Å²) in [7, 11) is 0. The molecule has 2 amide bonds. The molecule has 0 radical (unpaired) electrons. The quantitative estimate of drug-likeness (QED) is 0.695. The molecule has 2 aliphatic rings. The van der Waals surface area contributed by atoms with Crippen molar-refractivity contribution < 1.29 is 14.3 Å². The SMILES string of the molecule is Cc1ccccc1N1CCN(C(=O)[C@@H]2[C@@H](c3ccccc3)CCN2C(=O)OC(C)(C)C)CC1. The lowest BCUT2D eigenvalue weighted by atomic mass is 9.90.